The van der Waals surface area contributed by atoms with E-state index in [-0.39, 0.29) is 24.2 Å². The molecule has 4 aromatic rings. The fourth-order valence-electron chi connectivity index (χ4n) is 5.14. The number of nitrogens with one attached hydrogen (secondary N) is 1. The molecule has 1 atom stereocenters. The number of hydrogen-bond acceptors (Lipinski definition) is 10. The first-order valence-electron chi connectivity index (χ1n) is 15.3. The van der Waals surface area contributed by atoms with E-state index in [9.17, 15) is 19.5 Å². The quantitative estimate of drug-likeness (QED) is 0.118. The van der Waals surface area contributed by atoms with Gasteiger partial charge in [0.05, 0.1) is 0 Å². The number of ether oxygens (including phenoxy) is 1. The first kappa shape index (κ1) is 34.0. The molecule has 14 heteroatoms. The Morgan fingerprint density at radius 1 is 1.04 bits per heavy atom. The Morgan fingerprint density at radius 2 is 1.81 bits per heavy atom. The fourth-order valence-corrected chi connectivity index (χ4v) is 7.42. The Labute approximate surface area is 288 Å². The number of nitrogens with zero attached hydrogens (tertiary/aromatic N) is 6. The van der Waals surface area contributed by atoms with E-state index in [1.165, 1.54) is 11.3 Å². The molecule has 248 valence electrons. The van der Waals surface area contributed by atoms with Crippen LogP contribution in [0.2, 0.25) is 0 Å². The van der Waals surface area contributed by atoms with Crippen molar-refractivity contribution in [1.29, 1.82) is 0 Å². The van der Waals surface area contributed by atoms with Crippen LogP contribution in [0.5, 0.6) is 5.75 Å². The number of carboxylic acid groups (broad SMARTS) is 1. The summed E-state index contributed by atoms with van der Waals surface area (Å²) in [4.78, 5) is 59.3. The summed E-state index contributed by atoms with van der Waals surface area (Å²) < 4.78 is 7.55. The molecule has 47 heavy (non-hydrogen) atoms. The summed E-state index contributed by atoms with van der Waals surface area (Å²) in [5.41, 5.74) is 1.88. The summed E-state index contributed by atoms with van der Waals surface area (Å²) in [5.74, 6) is -0.206. The Kier molecular flexibility index (Phi) is 11.6. The number of pyridine rings is 1. The zero-order chi connectivity index (χ0) is 33.3. The van der Waals surface area contributed by atoms with Crippen molar-refractivity contribution in [2.24, 2.45) is 0 Å². The zero-order valence-electron chi connectivity index (χ0n) is 26.4. The third-order valence-electron chi connectivity index (χ3n) is 7.58. The molecule has 1 aromatic carbocycles. The normalized spacial score (nSPS) is 13.3. The fraction of sp³-hybridized carbons (Fsp3) is 0.333. The van der Waals surface area contributed by atoms with Crippen LogP contribution in [0.1, 0.15) is 41.9 Å². The van der Waals surface area contributed by atoms with E-state index in [4.69, 9.17) is 9.72 Å². The van der Waals surface area contributed by atoms with E-state index in [2.05, 4.69) is 23.3 Å². The predicted octanol–water partition coefficient (Wildman–Crippen LogP) is 2.43. The molecule has 3 aromatic heterocycles. The molecule has 0 bridgehead atoms. The first-order valence-corrected chi connectivity index (χ1v) is 19.3. The topological polar surface area (TPSA) is 141 Å². The number of carbonyl (C=O) groups excluding carboxylic acids is 2. The Balaban J connectivity index is 1.39. The predicted molar refractivity (Wildman–Crippen MR) is 178 cm³/mol. The van der Waals surface area contributed by atoms with Gasteiger partial charge in [-0.2, -0.15) is 0 Å². The number of anilines is 3. The molecule has 4 heterocycles. The number of likely N-dealkylation sites (tertiary alicyclic amines) is 1. The molecule has 0 aliphatic carbocycles. The van der Waals surface area contributed by atoms with Crippen molar-refractivity contribution in [3.8, 4) is 16.3 Å². The monoisotopic (exact) mass is 770 g/mol. The maximum atomic E-state index is 13.9. The van der Waals surface area contributed by atoms with Crippen molar-refractivity contribution in [1.82, 2.24) is 19.9 Å². The Bertz CT molecular complexity index is 1680. The van der Waals surface area contributed by atoms with Gasteiger partial charge < -0.3 is 4.90 Å². The van der Waals surface area contributed by atoms with Crippen molar-refractivity contribution in [3.63, 3.8) is 0 Å². The van der Waals surface area contributed by atoms with E-state index in [1.54, 1.807) is 52.5 Å². The number of halogens is 1. The van der Waals surface area contributed by atoms with Gasteiger partial charge in [-0.3, -0.25) is 0 Å². The average molecular weight is 771 g/mol. The number of amides is 2. The van der Waals surface area contributed by atoms with Gasteiger partial charge >= 0.3 is 236 Å². The summed E-state index contributed by atoms with van der Waals surface area (Å²) in [5, 5.41) is 13.4. The first-order chi connectivity index (χ1) is 22.8. The molecule has 0 radical (unpaired) electrons. The van der Waals surface area contributed by atoms with E-state index < -0.39 is 33.5 Å². The number of benzene rings is 1. The number of thiophene rings is 1. The van der Waals surface area contributed by atoms with E-state index in [0.29, 0.717) is 48.4 Å². The van der Waals surface area contributed by atoms with Gasteiger partial charge in [-0.1, -0.05) is 6.07 Å². The number of rotatable bonds is 13. The van der Waals surface area contributed by atoms with Gasteiger partial charge in [0.2, 0.25) is 0 Å². The van der Waals surface area contributed by atoms with Crippen LogP contribution >= 0.6 is 11.3 Å². The van der Waals surface area contributed by atoms with Crippen LogP contribution < -0.4 is 39.5 Å². The Morgan fingerprint density at radius 3 is 2.45 bits per heavy atom. The number of hydrogen-bond donors (Lipinski definition) is 2. The molecular weight excluding hydrogens is 733 g/mol. The molecule has 0 spiro atoms. The molecule has 2 N–H and O–H groups in total. The van der Waals surface area contributed by atoms with Crippen LogP contribution in [-0.2, 0) is 11.2 Å². The molecule has 1 aliphatic heterocycles. The number of alkyl halides is 1. The van der Waals surface area contributed by atoms with Crippen molar-refractivity contribution in [3.05, 3.63) is 77.4 Å². The number of carboxylic acids is 1. The molecule has 12 nitrogen and oxygen atoms in total. The SMILES string of the molecule is CCN([I-]C)c1ncc(N(CC)C(=O)c2ccc(-c3ccccn3)s2)c(N[C@@H](Cc2ccc(OC(=O)N3CCCC3)cc2)C(=O)O)n1. The van der Waals surface area contributed by atoms with Gasteiger partial charge in [-0.05, 0) is 18.9 Å². The van der Waals surface area contributed by atoms with Crippen molar-refractivity contribution < 1.29 is 45.7 Å². The zero-order valence-corrected chi connectivity index (χ0v) is 29.4. The third kappa shape index (κ3) is 8.35. The molecular formula is C33H37IN7O5S-. The molecule has 0 saturated carbocycles. The summed E-state index contributed by atoms with van der Waals surface area (Å²) in [6.45, 7) is 6.24. The van der Waals surface area contributed by atoms with E-state index >= 15 is 0 Å². The van der Waals surface area contributed by atoms with Crippen molar-refractivity contribution in [2.75, 3.05) is 44.4 Å². The molecule has 1 fully saturated rings. The van der Waals surface area contributed by atoms with Gasteiger partial charge in [0.1, 0.15) is 0 Å². The minimum absolute atomic E-state index is 0.116. The number of aliphatic carboxylic acids is 1. The van der Waals surface area contributed by atoms with Gasteiger partial charge in [0.25, 0.3) is 0 Å². The summed E-state index contributed by atoms with van der Waals surface area (Å²) in [6.07, 6.45) is 4.97. The third-order valence-corrected chi connectivity index (χ3v) is 11.0. The van der Waals surface area contributed by atoms with Crippen LogP contribution in [0.4, 0.5) is 22.2 Å². The second-order valence-corrected chi connectivity index (χ2v) is 13.8. The number of carbonyl (C=O) groups is 3. The summed E-state index contributed by atoms with van der Waals surface area (Å²) >= 11 is 0.943. The van der Waals surface area contributed by atoms with E-state index in [0.717, 1.165) is 29.0 Å². The summed E-state index contributed by atoms with van der Waals surface area (Å²) in [6, 6.07) is 15.0. The van der Waals surface area contributed by atoms with Crippen LogP contribution in [0.25, 0.3) is 10.6 Å². The van der Waals surface area contributed by atoms with Crippen molar-refractivity contribution in [2.45, 2.75) is 39.2 Å². The van der Waals surface area contributed by atoms with Crippen LogP contribution in [0.15, 0.2) is 67.0 Å². The van der Waals surface area contributed by atoms with Gasteiger partial charge in [-0.25, -0.2) is 4.79 Å². The molecule has 0 unspecified atom stereocenters. The second-order valence-electron chi connectivity index (χ2n) is 10.6. The minimum atomic E-state index is -1.08. The standard InChI is InChI=1S/C33H37IN7O5S/c1-4-40(30(42)28-16-15-27(47-28)24-10-6-7-17-35-24)26-21-36-32(41(5-2)34-3)38-29(26)37-25(31(43)44)20-22-11-13-23(14-12-22)46-33(45)39-18-8-9-19-39/h6-7,10-17,21,25H,4-5,8-9,18-20H2,1-3H3,(H,43,44)(H,36,37,38)/q-1/t25-/m0/s1. The molecule has 5 rings (SSSR count). The molecule has 1 aliphatic rings. The van der Waals surface area contributed by atoms with Crippen LogP contribution in [0, 0.1) is 0 Å². The molecule has 1 saturated heterocycles. The average Bonchev–Trinajstić information content (AvgIpc) is 3.81. The van der Waals surface area contributed by atoms with Gasteiger partial charge in [0.15, 0.2) is 0 Å². The van der Waals surface area contributed by atoms with Crippen molar-refractivity contribution >= 4 is 46.8 Å². The Hall–Kier alpha value is -4.31. The van der Waals surface area contributed by atoms with E-state index in [1.807, 2.05) is 38.1 Å². The number of aromatic nitrogens is 3. The van der Waals surface area contributed by atoms with Crippen LogP contribution in [0.3, 0.4) is 0 Å². The van der Waals surface area contributed by atoms with Gasteiger partial charge in [-0.15, -0.1) is 0 Å². The molecule has 2 amide bonds. The second kappa shape index (κ2) is 16.0. The summed E-state index contributed by atoms with van der Waals surface area (Å²) in [7, 11) is 0. The van der Waals surface area contributed by atoms with Crippen LogP contribution in [-0.4, -0.2) is 80.1 Å². The van der Waals surface area contributed by atoms with Gasteiger partial charge in [0, 0.05) is 19.3 Å². The maximum absolute atomic E-state index is 13.9.